The summed E-state index contributed by atoms with van der Waals surface area (Å²) in [5.41, 5.74) is -2.76. The Morgan fingerprint density at radius 1 is 1.09 bits per heavy atom. The lowest BCUT2D eigenvalue weighted by atomic mass is 9.64. The van der Waals surface area contributed by atoms with E-state index >= 15 is 0 Å². The van der Waals surface area contributed by atoms with Gasteiger partial charge >= 0.3 is 0 Å². The number of hydrogen-bond acceptors (Lipinski definition) is 5. The standard InChI is InChI=1S/C24H24F4N4O2/c1-13-29-17-11-18(33)32(24-8-5-23(28,6-9-24)7-10-24)12-16(17)21(30-13)31-22(34)15-4-2-3-14(19(15)25)20(26)27/h2-4,11-12,20,22,34H,5-10H2,1H3,(H,29,30,31)/t22-,23?,24?/m1/s1. The SMILES string of the molecule is Cc1nc(N[C@H](O)c2cccc(C(F)F)c2F)c2cn(C34CCC(F)(CC3)CC4)c(=O)cc2n1. The van der Waals surface area contributed by atoms with E-state index in [-0.39, 0.29) is 16.9 Å². The van der Waals surface area contributed by atoms with Crippen molar-refractivity contribution in [3.63, 3.8) is 0 Å². The van der Waals surface area contributed by atoms with E-state index in [0.717, 1.165) is 6.07 Å². The number of aliphatic hydroxyl groups is 1. The van der Waals surface area contributed by atoms with Gasteiger partial charge in [-0.15, -0.1) is 0 Å². The van der Waals surface area contributed by atoms with Gasteiger partial charge in [0.2, 0.25) is 0 Å². The molecule has 2 bridgehead atoms. The van der Waals surface area contributed by atoms with Crippen LogP contribution in [0.25, 0.3) is 10.9 Å². The topological polar surface area (TPSA) is 80.0 Å². The molecule has 10 heteroatoms. The number of aliphatic hydroxyl groups excluding tert-OH is 1. The largest absolute Gasteiger partial charge is 0.369 e. The van der Waals surface area contributed by atoms with Crippen molar-refractivity contribution in [3.8, 4) is 0 Å². The van der Waals surface area contributed by atoms with E-state index < -0.39 is 35.2 Å². The minimum atomic E-state index is -3.03. The fraction of sp³-hybridized carbons (Fsp3) is 0.458. The summed E-state index contributed by atoms with van der Waals surface area (Å²) < 4.78 is 57.1. The van der Waals surface area contributed by atoms with Crippen LogP contribution in [-0.2, 0) is 5.54 Å². The first kappa shape index (κ1) is 22.8. The lowest BCUT2D eigenvalue weighted by Gasteiger charge is -2.50. The Bertz CT molecular complexity index is 1300. The number of nitrogens with zero attached hydrogens (tertiary/aromatic N) is 3. The summed E-state index contributed by atoms with van der Waals surface area (Å²) in [5.74, 6) is -0.771. The van der Waals surface area contributed by atoms with Gasteiger partial charge in [-0.25, -0.2) is 27.5 Å². The molecule has 1 aromatic carbocycles. The van der Waals surface area contributed by atoms with Crippen LogP contribution in [0.2, 0.25) is 0 Å². The molecule has 3 aliphatic carbocycles. The Balaban J connectivity index is 1.56. The minimum Gasteiger partial charge on any atom is -0.369 e. The molecule has 0 unspecified atom stereocenters. The van der Waals surface area contributed by atoms with Crippen molar-refractivity contribution in [3.05, 3.63) is 63.6 Å². The Hall–Kier alpha value is -3.01. The van der Waals surface area contributed by atoms with Crippen LogP contribution < -0.4 is 10.9 Å². The maximum absolute atomic E-state index is 14.7. The van der Waals surface area contributed by atoms with Crippen LogP contribution in [0.5, 0.6) is 0 Å². The van der Waals surface area contributed by atoms with E-state index in [1.807, 2.05) is 0 Å². The van der Waals surface area contributed by atoms with Gasteiger partial charge in [0, 0.05) is 23.4 Å². The molecule has 0 radical (unpaired) electrons. The van der Waals surface area contributed by atoms with Crippen LogP contribution >= 0.6 is 0 Å². The summed E-state index contributed by atoms with van der Waals surface area (Å²) in [7, 11) is 0. The van der Waals surface area contributed by atoms with Crippen LogP contribution in [0.1, 0.15) is 68.1 Å². The van der Waals surface area contributed by atoms with Gasteiger partial charge in [0.25, 0.3) is 12.0 Å². The molecule has 6 rings (SSSR count). The molecular formula is C24H24F4N4O2. The number of pyridine rings is 1. The molecule has 3 aliphatic rings. The van der Waals surface area contributed by atoms with Crippen molar-refractivity contribution in [1.29, 1.82) is 0 Å². The van der Waals surface area contributed by atoms with E-state index in [1.165, 1.54) is 18.2 Å². The zero-order valence-corrected chi connectivity index (χ0v) is 18.5. The smallest absolute Gasteiger partial charge is 0.266 e. The van der Waals surface area contributed by atoms with E-state index in [2.05, 4.69) is 15.3 Å². The number of nitrogens with one attached hydrogen (secondary N) is 1. The van der Waals surface area contributed by atoms with Crippen LogP contribution in [0, 0.1) is 12.7 Å². The quantitative estimate of drug-likeness (QED) is 0.398. The molecule has 6 nitrogen and oxygen atoms in total. The number of rotatable bonds is 5. The van der Waals surface area contributed by atoms with Crippen molar-refractivity contribution in [2.75, 3.05) is 5.32 Å². The van der Waals surface area contributed by atoms with Gasteiger partial charge in [-0.3, -0.25) is 4.79 Å². The van der Waals surface area contributed by atoms with Crippen molar-refractivity contribution < 1.29 is 22.7 Å². The van der Waals surface area contributed by atoms with Gasteiger partial charge in [0.1, 0.15) is 23.1 Å². The van der Waals surface area contributed by atoms with E-state index in [4.69, 9.17) is 0 Å². The van der Waals surface area contributed by atoms with Crippen LogP contribution in [0.15, 0.2) is 35.3 Å². The molecule has 2 heterocycles. The van der Waals surface area contributed by atoms with Gasteiger partial charge in [-0.05, 0) is 45.4 Å². The third kappa shape index (κ3) is 3.73. The summed E-state index contributed by atoms with van der Waals surface area (Å²) in [6.45, 7) is 1.60. The Morgan fingerprint density at radius 3 is 2.38 bits per heavy atom. The van der Waals surface area contributed by atoms with Crippen LogP contribution in [0.3, 0.4) is 0 Å². The minimum absolute atomic E-state index is 0.133. The van der Waals surface area contributed by atoms with E-state index in [1.54, 1.807) is 17.7 Å². The maximum atomic E-state index is 14.7. The van der Waals surface area contributed by atoms with Crippen LogP contribution in [-0.4, -0.2) is 25.3 Å². The molecule has 1 atom stereocenters. The fourth-order valence-corrected chi connectivity index (χ4v) is 5.34. The van der Waals surface area contributed by atoms with Gasteiger partial charge in [-0.1, -0.05) is 18.2 Å². The summed E-state index contributed by atoms with van der Waals surface area (Å²) in [4.78, 5) is 21.6. The summed E-state index contributed by atoms with van der Waals surface area (Å²) in [6, 6.07) is 4.78. The predicted octanol–water partition coefficient (Wildman–Crippen LogP) is 5.05. The van der Waals surface area contributed by atoms with Crippen molar-refractivity contribution in [2.24, 2.45) is 0 Å². The molecule has 3 saturated carbocycles. The zero-order valence-electron chi connectivity index (χ0n) is 18.5. The van der Waals surface area contributed by atoms with E-state index in [0.29, 0.717) is 55.3 Å². The second-order valence-electron chi connectivity index (χ2n) is 9.37. The van der Waals surface area contributed by atoms with Gasteiger partial charge < -0.3 is 15.0 Å². The summed E-state index contributed by atoms with van der Waals surface area (Å²) in [5, 5.41) is 13.7. The van der Waals surface area contributed by atoms with Crippen molar-refractivity contribution in [1.82, 2.24) is 14.5 Å². The highest BCUT2D eigenvalue weighted by Crippen LogP contribution is 2.52. The number of fused-ring (bicyclic) bond motifs is 4. The second-order valence-corrected chi connectivity index (χ2v) is 9.37. The fourth-order valence-electron chi connectivity index (χ4n) is 5.34. The zero-order chi connectivity index (χ0) is 24.3. The van der Waals surface area contributed by atoms with E-state index in [9.17, 15) is 27.5 Å². The predicted molar refractivity (Wildman–Crippen MR) is 118 cm³/mol. The van der Waals surface area contributed by atoms with Gasteiger partial charge in [-0.2, -0.15) is 0 Å². The van der Waals surface area contributed by atoms with Crippen molar-refractivity contribution in [2.45, 2.75) is 69.3 Å². The highest BCUT2D eigenvalue weighted by molar-refractivity contribution is 5.88. The van der Waals surface area contributed by atoms with Crippen molar-refractivity contribution >= 4 is 16.7 Å². The first-order valence-electron chi connectivity index (χ1n) is 11.2. The molecule has 0 amide bonds. The lowest BCUT2D eigenvalue weighted by Crippen LogP contribution is -2.52. The number of anilines is 1. The molecule has 34 heavy (non-hydrogen) atoms. The van der Waals surface area contributed by atoms with Crippen LogP contribution in [0.4, 0.5) is 23.4 Å². The maximum Gasteiger partial charge on any atom is 0.266 e. The molecule has 2 N–H and O–H groups in total. The molecule has 3 fully saturated rings. The number of halogens is 4. The van der Waals surface area contributed by atoms with Gasteiger partial charge in [0.05, 0.1) is 16.5 Å². The first-order valence-corrected chi connectivity index (χ1v) is 11.2. The number of aromatic nitrogens is 3. The Labute approximate surface area is 192 Å². The molecule has 2 aromatic heterocycles. The second kappa shape index (κ2) is 8.04. The summed E-state index contributed by atoms with van der Waals surface area (Å²) in [6.07, 6.45) is -0.296. The lowest BCUT2D eigenvalue weighted by molar-refractivity contribution is -0.0282. The molecule has 3 aromatic rings. The summed E-state index contributed by atoms with van der Waals surface area (Å²) >= 11 is 0. The Morgan fingerprint density at radius 2 is 1.74 bits per heavy atom. The number of hydrogen-bond donors (Lipinski definition) is 2. The average molecular weight is 476 g/mol. The highest BCUT2D eigenvalue weighted by atomic mass is 19.3. The number of benzene rings is 1. The third-order valence-corrected chi connectivity index (χ3v) is 7.33. The number of aryl methyl sites for hydroxylation is 1. The number of alkyl halides is 3. The highest BCUT2D eigenvalue weighted by Gasteiger charge is 2.50. The molecule has 0 saturated heterocycles. The molecular weight excluding hydrogens is 452 g/mol. The molecule has 0 spiro atoms. The Kier molecular flexibility index (Phi) is 5.38. The molecule has 0 aliphatic heterocycles. The average Bonchev–Trinajstić information content (AvgIpc) is 2.79. The monoisotopic (exact) mass is 476 g/mol. The van der Waals surface area contributed by atoms with Gasteiger partial charge in [0.15, 0.2) is 6.23 Å². The normalized spacial score (nSPS) is 25.1. The third-order valence-electron chi connectivity index (χ3n) is 7.33. The first-order chi connectivity index (χ1) is 16.1. The molecule has 180 valence electrons.